The van der Waals surface area contributed by atoms with Crippen molar-refractivity contribution in [1.29, 1.82) is 0 Å². The number of hydrogen-bond donors (Lipinski definition) is 15. The molecule has 1 heterocycles. The second-order valence-electron chi connectivity index (χ2n) is 18.1. The number of aliphatic imine (C=N–C) groups is 2. The van der Waals surface area contributed by atoms with Crippen LogP contribution in [0.25, 0.3) is 10.9 Å². The number of H-pyrrole nitrogens is 1. The second-order valence-corrected chi connectivity index (χ2v) is 18.1. The number of phenols is 2. The Morgan fingerprint density at radius 3 is 1.55 bits per heavy atom. The molecule has 0 fully saturated rings. The fourth-order valence-electron chi connectivity index (χ4n) is 8.06. The van der Waals surface area contributed by atoms with Gasteiger partial charge < -0.3 is 81.5 Å². The number of phenolic OH excluding ortho intramolecular Hbond substituents is 2. The van der Waals surface area contributed by atoms with Crippen LogP contribution in [-0.2, 0) is 52.8 Å². The van der Waals surface area contributed by atoms with E-state index in [1.54, 1.807) is 6.20 Å². The molecule has 0 aliphatic carbocycles. The van der Waals surface area contributed by atoms with Crippen LogP contribution in [0.3, 0.4) is 0 Å². The number of aromatic amines is 1. The summed E-state index contributed by atoms with van der Waals surface area (Å²) in [6.45, 7) is 3.24. The van der Waals surface area contributed by atoms with Crippen LogP contribution in [0.15, 0.2) is 89.0 Å². The van der Waals surface area contributed by atoms with Gasteiger partial charge in [-0.1, -0.05) is 42.5 Å². The molecule has 0 saturated heterocycles. The number of guanidine groups is 2. The normalized spacial score (nSPS) is 13.8. The summed E-state index contributed by atoms with van der Waals surface area (Å²) < 4.78 is 0. The Kier molecular flexibility index (Phi) is 22.5. The van der Waals surface area contributed by atoms with Gasteiger partial charge >= 0.3 is 0 Å². The van der Waals surface area contributed by atoms with Crippen LogP contribution in [0.2, 0.25) is 0 Å². The molecule has 0 saturated carbocycles. The number of carbonyl (C=O) groups is 7. The number of carbonyl (C=O) groups excluding carboxylic acids is 7. The molecule has 6 atom stereocenters. The summed E-state index contributed by atoms with van der Waals surface area (Å²) in [7, 11) is 0. The standard InChI is InChI=1S/C50H71N15O9/c1-29(66)60-38(12-7-23-57-48(53)54)43(70)62-41(26-31-16-20-34(68)21-17-31)45(72)63-40(25-30-14-18-33(67)19-15-30)44(71)61-39(13-8-24-58-49(55)56)46(73)65-50(2,27-32-28-59-36-10-4-3-9-35(32)36)47(74)64-37(42(52)69)11-5-6-22-51/h3-4,9-10,14-21,28,37-41,59,67-68H,5-8,11-13,22-27,51H2,1-2H3,(H2,52,69)(H,60,66)(H,61,71)(H,62,70)(H,63,72)(H,64,74)(H,65,73)(H4,53,54,57)(H4,55,56,58)/t37-,38-,39-,40-,41-,50?/m0/s1. The highest BCUT2D eigenvalue weighted by atomic mass is 16.3. The Hall–Kier alpha value is -8.41. The van der Waals surface area contributed by atoms with Gasteiger partial charge in [0.1, 0.15) is 47.2 Å². The molecule has 4 rings (SSSR count). The molecular formula is C50H71N15O9. The van der Waals surface area contributed by atoms with Gasteiger partial charge in [0, 0.05) is 56.4 Å². The van der Waals surface area contributed by atoms with Gasteiger partial charge in [-0.05, 0) is 105 Å². The van der Waals surface area contributed by atoms with E-state index in [4.69, 9.17) is 34.4 Å². The number of para-hydroxylation sites is 1. The van der Waals surface area contributed by atoms with Crippen molar-refractivity contribution in [2.75, 3.05) is 19.6 Å². The molecule has 24 heteroatoms. The quantitative estimate of drug-likeness (QED) is 0.0163. The maximum absolute atomic E-state index is 14.8. The molecule has 0 radical (unpaired) electrons. The lowest BCUT2D eigenvalue weighted by Gasteiger charge is -2.33. The molecule has 400 valence electrons. The summed E-state index contributed by atoms with van der Waals surface area (Å²) in [6.07, 6.45) is 2.90. The van der Waals surface area contributed by atoms with Crippen LogP contribution in [-0.4, -0.2) is 124 Å². The predicted molar refractivity (Wildman–Crippen MR) is 279 cm³/mol. The van der Waals surface area contributed by atoms with Gasteiger partial charge in [-0.25, -0.2) is 0 Å². The smallest absolute Gasteiger partial charge is 0.246 e. The third-order valence-corrected chi connectivity index (χ3v) is 12.0. The van der Waals surface area contributed by atoms with E-state index >= 15 is 0 Å². The minimum atomic E-state index is -1.79. The third kappa shape index (κ3) is 19.0. The van der Waals surface area contributed by atoms with Crippen LogP contribution in [0.5, 0.6) is 11.5 Å². The molecule has 3 aromatic carbocycles. The molecule has 1 aromatic heterocycles. The fourth-order valence-corrected chi connectivity index (χ4v) is 8.06. The largest absolute Gasteiger partial charge is 0.508 e. The first kappa shape index (κ1) is 58.2. The van der Waals surface area contributed by atoms with Crippen molar-refractivity contribution in [1.82, 2.24) is 36.9 Å². The van der Waals surface area contributed by atoms with Crippen molar-refractivity contribution < 1.29 is 43.8 Å². The SMILES string of the molecule is CC(=O)N[C@@H](CCCN=C(N)N)C(=O)N[C@@H](Cc1ccc(O)cc1)C(=O)N[C@@H](Cc1ccc(O)cc1)C(=O)N[C@@H](CCCN=C(N)N)C(=O)NC(C)(Cc1c[nH]c2ccccc12)C(=O)N[C@@H](CCCCN)C(N)=O. The molecule has 21 N–H and O–H groups in total. The van der Waals surface area contributed by atoms with Crippen LogP contribution in [0.1, 0.15) is 75.5 Å². The van der Waals surface area contributed by atoms with Crippen molar-refractivity contribution in [3.8, 4) is 11.5 Å². The number of unbranched alkanes of at least 4 members (excludes halogenated alkanes) is 1. The van der Waals surface area contributed by atoms with Gasteiger partial charge in [-0.15, -0.1) is 0 Å². The number of nitrogens with zero attached hydrogens (tertiary/aromatic N) is 2. The minimum Gasteiger partial charge on any atom is -0.508 e. The number of rotatable bonds is 30. The number of amides is 7. The zero-order valence-corrected chi connectivity index (χ0v) is 41.7. The first-order valence-corrected chi connectivity index (χ1v) is 24.2. The van der Waals surface area contributed by atoms with E-state index in [2.05, 4.69) is 46.9 Å². The molecular weight excluding hydrogens is 955 g/mol. The maximum atomic E-state index is 14.8. The highest BCUT2D eigenvalue weighted by Crippen LogP contribution is 2.24. The molecule has 7 amide bonds. The van der Waals surface area contributed by atoms with E-state index in [0.29, 0.717) is 36.1 Å². The van der Waals surface area contributed by atoms with Crippen molar-refractivity contribution in [2.24, 2.45) is 44.4 Å². The topological polar surface area (TPSA) is 429 Å². The number of primary amides is 1. The Morgan fingerprint density at radius 1 is 0.595 bits per heavy atom. The van der Waals surface area contributed by atoms with Crippen molar-refractivity contribution in [3.05, 3.63) is 95.7 Å². The van der Waals surface area contributed by atoms with Gasteiger partial charge in [0.15, 0.2) is 11.9 Å². The van der Waals surface area contributed by atoms with Crippen LogP contribution in [0.4, 0.5) is 0 Å². The number of aromatic hydroxyl groups is 2. The highest BCUT2D eigenvalue weighted by Gasteiger charge is 2.40. The summed E-state index contributed by atoms with van der Waals surface area (Å²) in [5.74, 6) is -5.84. The molecule has 0 spiro atoms. The Bertz CT molecular complexity index is 2600. The summed E-state index contributed by atoms with van der Waals surface area (Å²) >= 11 is 0. The number of hydrogen-bond acceptors (Lipinski definition) is 12. The van der Waals surface area contributed by atoms with E-state index in [0.717, 1.165) is 10.9 Å². The molecule has 1 unspecified atom stereocenters. The molecule has 0 aliphatic heterocycles. The number of fused-ring (bicyclic) bond motifs is 1. The van der Waals surface area contributed by atoms with E-state index < -0.39 is 77.1 Å². The maximum Gasteiger partial charge on any atom is 0.246 e. The first-order chi connectivity index (χ1) is 35.2. The summed E-state index contributed by atoms with van der Waals surface area (Å²) in [6, 6.07) is 12.5. The number of aromatic nitrogens is 1. The number of nitrogens with one attached hydrogen (secondary N) is 7. The van der Waals surface area contributed by atoms with Gasteiger partial charge in [-0.3, -0.25) is 43.5 Å². The van der Waals surface area contributed by atoms with Gasteiger partial charge in [0.2, 0.25) is 41.4 Å². The third-order valence-electron chi connectivity index (χ3n) is 12.0. The average Bonchev–Trinajstić information content (AvgIpc) is 3.75. The van der Waals surface area contributed by atoms with Crippen molar-refractivity contribution in [3.63, 3.8) is 0 Å². The lowest BCUT2D eigenvalue weighted by Crippen LogP contribution is -2.64. The van der Waals surface area contributed by atoms with E-state index in [1.807, 2.05) is 24.3 Å². The van der Waals surface area contributed by atoms with Crippen molar-refractivity contribution >= 4 is 64.2 Å². The number of benzene rings is 3. The Balaban J connectivity index is 1.73. The van der Waals surface area contributed by atoms with E-state index in [9.17, 15) is 43.8 Å². The fraction of sp³-hybridized carbons (Fsp3) is 0.420. The Labute approximate surface area is 428 Å². The van der Waals surface area contributed by atoms with Gasteiger partial charge in [0.05, 0.1) is 0 Å². The van der Waals surface area contributed by atoms with E-state index in [1.165, 1.54) is 62.4 Å². The summed E-state index contributed by atoms with van der Waals surface area (Å²) in [4.78, 5) is 108. The molecule has 74 heavy (non-hydrogen) atoms. The second kappa shape index (κ2) is 28.6. The molecule has 4 aromatic rings. The van der Waals surface area contributed by atoms with Gasteiger partial charge in [0.25, 0.3) is 0 Å². The molecule has 0 aliphatic rings. The highest BCUT2D eigenvalue weighted by molar-refractivity contribution is 5.99. The zero-order chi connectivity index (χ0) is 54.4. The summed E-state index contributed by atoms with van der Waals surface area (Å²) in [5, 5.41) is 37.2. The van der Waals surface area contributed by atoms with E-state index in [-0.39, 0.29) is 87.9 Å². The summed E-state index contributed by atoms with van der Waals surface area (Å²) in [5.41, 5.74) is 34.1. The first-order valence-electron chi connectivity index (χ1n) is 24.2. The van der Waals surface area contributed by atoms with Crippen LogP contribution in [0, 0.1) is 0 Å². The molecule has 0 bridgehead atoms. The zero-order valence-electron chi connectivity index (χ0n) is 41.7. The lowest BCUT2D eigenvalue weighted by molar-refractivity contribution is -0.137. The minimum absolute atomic E-state index is 0.0399. The molecule has 24 nitrogen and oxygen atoms in total. The number of nitrogens with two attached hydrogens (primary N) is 6. The average molecular weight is 1030 g/mol. The van der Waals surface area contributed by atoms with Crippen LogP contribution >= 0.6 is 0 Å². The van der Waals surface area contributed by atoms with Crippen molar-refractivity contribution in [2.45, 2.75) is 114 Å². The lowest BCUT2D eigenvalue weighted by atomic mass is 9.90. The Morgan fingerprint density at radius 2 is 1.07 bits per heavy atom. The predicted octanol–water partition coefficient (Wildman–Crippen LogP) is -1.35. The van der Waals surface area contributed by atoms with Crippen LogP contribution < -0.4 is 66.3 Å². The van der Waals surface area contributed by atoms with Gasteiger partial charge in [-0.2, -0.15) is 0 Å². The monoisotopic (exact) mass is 1030 g/mol.